The Morgan fingerprint density at radius 2 is 1.53 bits per heavy atom. The highest BCUT2D eigenvalue weighted by atomic mass is 15.1. The van der Waals surface area contributed by atoms with E-state index in [1.165, 1.54) is 51.6 Å². The summed E-state index contributed by atoms with van der Waals surface area (Å²) in [5.41, 5.74) is 0. The predicted octanol–water partition coefficient (Wildman–Crippen LogP) is 2.89. The number of rotatable bonds is 4. The first-order valence-corrected chi connectivity index (χ1v) is 7.61. The first-order chi connectivity index (χ1) is 8.16. The normalized spacial score (nSPS) is 31.6. The quantitative estimate of drug-likeness (QED) is 0.810. The summed E-state index contributed by atoms with van der Waals surface area (Å²) in [7, 11) is 2.26. The lowest BCUT2D eigenvalue weighted by atomic mass is 9.90. The molecule has 0 radical (unpaired) electrons. The Morgan fingerprint density at radius 1 is 0.941 bits per heavy atom. The van der Waals surface area contributed by atoms with Gasteiger partial charge in [-0.1, -0.05) is 12.8 Å². The molecule has 0 aromatic rings. The Hall–Kier alpha value is -0.0800. The van der Waals surface area contributed by atoms with Gasteiger partial charge >= 0.3 is 0 Å². The minimum absolute atomic E-state index is 0.688. The van der Waals surface area contributed by atoms with Gasteiger partial charge in [0.2, 0.25) is 0 Å². The second kappa shape index (κ2) is 6.19. The van der Waals surface area contributed by atoms with E-state index in [1.807, 2.05) is 0 Å². The second-order valence-corrected chi connectivity index (χ2v) is 6.45. The summed E-state index contributed by atoms with van der Waals surface area (Å²) in [5.74, 6) is 1.80. The number of piperidine rings is 1. The van der Waals surface area contributed by atoms with E-state index in [4.69, 9.17) is 0 Å². The van der Waals surface area contributed by atoms with Crippen LogP contribution < -0.4 is 5.32 Å². The molecular weight excluding hydrogens is 208 g/mol. The molecule has 100 valence electrons. The van der Waals surface area contributed by atoms with Crippen molar-refractivity contribution >= 4 is 0 Å². The van der Waals surface area contributed by atoms with E-state index in [2.05, 4.69) is 31.1 Å². The van der Waals surface area contributed by atoms with E-state index in [0.29, 0.717) is 6.04 Å². The third-order valence-corrected chi connectivity index (χ3v) is 5.00. The molecule has 2 fully saturated rings. The molecule has 1 saturated carbocycles. The van der Waals surface area contributed by atoms with Crippen LogP contribution in [-0.4, -0.2) is 37.1 Å². The van der Waals surface area contributed by atoms with Crippen LogP contribution >= 0.6 is 0 Å². The zero-order chi connectivity index (χ0) is 12.3. The Morgan fingerprint density at radius 3 is 2.18 bits per heavy atom. The average molecular weight is 238 g/mol. The molecule has 0 amide bonds. The minimum atomic E-state index is 0.688. The molecule has 0 bridgehead atoms. The van der Waals surface area contributed by atoms with E-state index in [0.717, 1.165) is 17.9 Å². The molecule has 3 atom stereocenters. The fourth-order valence-corrected chi connectivity index (χ4v) is 3.76. The highest BCUT2D eigenvalue weighted by Crippen LogP contribution is 2.28. The van der Waals surface area contributed by atoms with Crippen LogP contribution in [0.4, 0.5) is 0 Å². The molecule has 0 aromatic carbocycles. The molecule has 0 spiro atoms. The van der Waals surface area contributed by atoms with Crippen molar-refractivity contribution in [1.29, 1.82) is 0 Å². The van der Waals surface area contributed by atoms with Gasteiger partial charge in [-0.25, -0.2) is 0 Å². The van der Waals surface area contributed by atoms with Crippen molar-refractivity contribution in [3.05, 3.63) is 0 Å². The van der Waals surface area contributed by atoms with Crippen LogP contribution in [-0.2, 0) is 0 Å². The van der Waals surface area contributed by atoms with Crippen LogP contribution in [0.15, 0.2) is 0 Å². The zero-order valence-electron chi connectivity index (χ0n) is 11.9. The first-order valence-electron chi connectivity index (χ1n) is 7.61. The van der Waals surface area contributed by atoms with Gasteiger partial charge in [0.15, 0.2) is 0 Å². The highest BCUT2D eigenvalue weighted by Gasteiger charge is 2.27. The summed E-state index contributed by atoms with van der Waals surface area (Å²) in [6, 6.07) is 1.41. The maximum absolute atomic E-state index is 3.89. The Labute approximate surface area is 107 Å². The van der Waals surface area contributed by atoms with E-state index in [9.17, 15) is 0 Å². The smallest absolute Gasteiger partial charge is 0.00818 e. The molecule has 3 unspecified atom stereocenters. The molecule has 0 aromatic heterocycles. The van der Waals surface area contributed by atoms with Crippen molar-refractivity contribution in [1.82, 2.24) is 10.2 Å². The minimum Gasteiger partial charge on any atom is -0.311 e. The summed E-state index contributed by atoms with van der Waals surface area (Å²) in [4.78, 5) is 2.49. The lowest BCUT2D eigenvalue weighted by Crippen LogP contribution is -2.47. The molecule has 2 heteroatoms. The van der Waals surface area contributed by atoms with Crippen LogP contribution in [0.25, 0.3) is 0 Å². The third-order valence-electron chi connectivity index (χ3n) is 5.00. The Kier molecular flexibility index (Phi) is 4.87. The van der Waals surface area contributed by atoms with Crippen LogP contribution in [0.5, 0.6) is 0 Å². The SMILES string of the molecule is CC(NC(C)C1CCCN(C)C1)C1CCCC1. The predicted molar refractivity (Wildman–Crippen MR) is 74.2 cm³/mol. The molecule has 1 N–H and O–H groups in total. The van der Waals surface area contributed by atoms with Gasteiger partial charge in [0.1, 0.15) is 0 Å². The molecule has 2 aliphatic rings. The molecule has 2 nitrogen and oxygen atoms in total. The number of nitrogens with one attached hydrogen (secondary N) is 1. The van der Waals surface area contributed by atoms with Crippen molar-refractivity contribution in [3.8, 4) is 0 Å². The van der Waals surface area contributed by atoms with E-state index >= 15 is 0 Å². The van der Waals surface area contributed by atoms with Crippen LogP contribution in [0.2, 0.25) is 0 Å². The largest absolute Gasteiger partial charge is 0.311 e. The van der Waals surface area contributed by atoms with Gasteiger partial charge in [-0.3, -0.25) is 0 Å². The lowest BCUT2D eigenvalue weighted by Gasteiger charge is -2.36. The standard InChI is InChI=1S/C15H30N2/c1-12(14-7-4-5-8-14)16-13(2)15-9-6-10-17(3)11-15/h12-16H,4-11H2,1-3H3. The van der Waals surface area contributed by atoms with Gasteiger partial charge in [-0.15, -0.1) is 0 Å². The van der Waals surface area contributed by atoms with Gasteiger partial charge in [-0.05, 0) is 65.0 Å². The van der Waals surface area contributed by atoms with E-state index in [-0.39, 0.29) is 0 Å². The van der Waals surface area contributed by atoms with Gasteiger partial charge in [0.05, 0.1) is 0 Å². The molecule has 17 heavy (non-hydrogen) atoms. The number of hydrogen-bond acceptors (Lipinski definition) is 2. The highest BCUT2D eigenvalue weighted by molar-refractivity contribution is 4.84. The number of likely N-dealkylation sites (tertiary alicyclic amines) is 1. The molecule has 1 aliphatic heterocycles. The average Bonchev–Trinajstić information content (AvgIpc) is 2.82. The molecular formula is C15H30N2. The van der Waals surface area contributed by atoms with Gasteiger partial charge < -0.3 is 10.2 Å². The fourth-order valence-electron chi connectivity index (χ4n) is 3.76. The van der Waals surface area contributed by atoms with Crippen LogP contribution in [0.3, 0.4) is 0 Å². The van der Waals surface area contributed by atoms with Gasteiger partial charge in [0.25, 0.3) is 0 Å². The van der Waals surface area contributed by atoms with Crippen molar-refractivity contribution in [3.63, 3.8) is 0 Å². The maximum Gasteiger partial charge on any atom is 0.00818 e. The summed E-state index contributed by atoms with van der Waals surface area (Å²) in [5, 5.41) is 3.89. The summed E-state index contributed by atoms with van der Waals surface area (Å²) < 4.78 is 0. The summed E-state index contributed by atoms with van der Waals surface area (Å²) in [6.45, 7) is 7.38. The summed E-state index contributed by atoms with van der Waals surface area (Å²) >= 11 is 0. The van der Waals surface area contributed by atoms with Crippen LogP contribution in [0.1, 0.15) is 52.4 Å². The second-order valence-electron chi connectivity index (χ2n) is 6.45. The van der Waals surface area contributed by atoms with Crippen LogP contribution in [0, 0.1) is 11.8 Å². The first kappa shape index (κ1) is 13.4. The third kappa shape index (κ3) is 3.69. The Balaban J connectivity index is 1.76. The maximum atomic E-state index is 3.89. The molecule has 2 rings (SSSR count). The van der Waals surface area contributed by atoms with Crippen molar-refractivity contribution in [2.75, 3.05) is 20.1 Å². The molecule has 1 heterocycles. The van der Waals surface area contributed by atoms with Crippen molar-refractivity contribution in [2.24, 2.45) is 11.8 Å². The van der Waals surface area contributed by atoms with E-state index < -0.39 is 0 Å². The molecule has 1 aliphatic carbocycles. The summed E-state index contributed by atoms with van der Waals surface area (Å²) in [6.07, 6.45) is 8.60. The number of hydrogen-bond donors (Lipinski definition) is 1. The van der Waals surface area contributed by atoms with Gasteiger partial charge in [-0.2, -0.15) is 0 Å². The van der Waals surface area contributed by atoms with Gasteiger partial charge in [0, 0.05) is 18.6 Å². The Bertz CT molecular complexity index is 223. The van der Waals surface area contributed by atoms with Crippen molar-refractivity contribution < 1.29 is 0 Å². The molecule has 1 saturated heterocycles. The topological polar surface area (TPSA) is 15.3 Å². The monoisotopic (exact) mass is 238 g/mol. The van der Waals surface area contributed by atoms with E-state index in [1.54, 1.807) is 0 Å². The zero-order valence-corrected chi connectivity index (χ0v) is 11.9. The number of nitrogens with zero attached hydrogens (tertiary/aromatic N) is 1. The fraction of sp³-hybridized carbons (Fsp3) is 1.00. The lowest BCUT2D eigenvalue weighted by molar-refractivity contribution is 0.167. The van der Waals surface area contributed by atoms with Crippen molar-refractivity contribution in [2.45, 2.75) is 64.5 Å².